The van der Waals surface area contributed by atoms with Crippen molar-refractivity contribution in [1.82, 2.24) is 9.97 Å². The Kier molecular flexibility index (Phi) is 8.56. The van der Waals surface area contributed by atoms with E-state index in [1.807, 2.05) is 44.4 Å². The third kappa shape index (κ3) is 5.37. The maximum Gasteiger partial charge on any atom is 0.216 e. The molecule has 0 aliphatic carbocycles. The predicted molar refractivity (Wildman–Crippen MR) is 117 cm³/mol. The molecule has 6 nitrogen and oxygen atoms in total. The molecule has 0 saturated heterocycles. The van der Waals surface area contributed by atoms with E-state index in [0.29, 0.717) is 22.6 Å². The summed E-state index contributed by atoms with van der Waals surface area (Å²) in [6, 6.07) is 11.6. The van der Waals surface area contributed by atoms with Gasteiger partial charge in [-0.3, -0.25) is 0 Å². The number of hydrogen-bond donors (Lipinski definition) is 2. The summed E-state index contributed by atoms with van der Waals surface area (Å²) in [6.07, 6.45) is 2.04. The van der Waals surface area contributed by atoms with Crippen molar-refractivity contribution in [2.45, 2.75) is 25.3 Å². The van der Waals surface area contributed by atoms with Gasteiger partial charge in [-0.1, -0.05) is 25.2 Å². The van der Waals surface area contributed by atoms with Crippen molar-refractivity contribution < 1.29 is 14.6 Å². The molecule has 0 atom stereocenters. The Morgan fingerprint density at radius 1 is 1.04 bits per heavy atom. The zero-order valence-corrected chi connectivity index (χ0v) is 18.3. The van der Waals surface area contributed by atoms with Crippen LogP contribution in [0.4, 0.5) is 10.8 Å². The van der Waals surface area contributed by atoms with E-state index < -0.39 is 0 Å². The largest absolute Gasteiger partial charge is 0.481 e. The van der Waals surface area contributed by atoms with Crippen LogP contribution in [0.1, 0.15) is 18.7 Å². The Labute approximate surface area is 174 Å². The highest BCUT2D eigenvalue weighted by molar-refractivity contribution is 7.98. The highest BCUT2D eigenvalue weighted by atomic mass is 32.2. The molecule has 0 aliphatic rings. The van der Waals surface area contributed by atoms with Gasteiger partial charge in [-0.05, 0) is 30.5 Å². The van der Waals surface area contributed by atoms with Gasteiger partial charge in [-0.2, -0.15) is 4.98 Å². The summed E-state index contributed by atoms with van der Waals surface area (Å²) in [7, 11) is 3.09. The average Bonchev–Trinajstić information content (AvgIpc) is 3.18. The van der Waals surface area contributed by atoms with Crippen molar-refractivity contribution in [3.05, 3.63) is 41.3 Å². The van der Waals surface area contributed by atoms with E-state index in [1.165, 1.54) is 16.2 Å². The molecule has 3 aromatic rings. The Morgan fingerprint density at radius 3 is 2.14 bits per heavy atom. The van der Waals surface area contributed by atoms with Gasteiger partial charge in [0.15, 0.2) is 5.13 Å². The van der Waals surface area contributed by atoms with E-state index in [9.17, 15) is 5.11 Å². The second-order valence-corrected chi connectivity index (χ2v) is 7.21. The SMILES string of the molecule is CC.COc1cc(-c2nc(Nc3ccc(SC)cc3)sc2CO)cc(OC)n1. The van der Waals surface area contributed by atoms with E-state index in [0.717, 1.165) is 16.1 Å². The number of rotatable bonds is 7. The quantitative estimate of drug-likeness (QED) is 0.509. The molecule has 8 heteroatoms. The zero-order chi connectivity index (χ0) is 20.5. The summed E-state index contributed by atoms with van der Waals surface area (Å²) < 4.78 is 10.4. The van der Waals surface area contributed by atoms with Gasteiger partial charge in [-0.25, -0.2) is 4.98 Å². The van der Waals surface area contributed by atoms with Gasteiger partial charge in [0.1, 0.15) is 0 Å². The number of aliphatic hydroxyl groups is 1. The number of pyridine rings is 1. The van der Waals surface area contributed by atoms with Crippen LogP contribution < -0.4 is 14.8 Å². The van der Waals surface area contributed by atoms with Crippen molar-refractivity contribution >= 4 is 33.9 Å². The van der Waals surface area contributed by atoms with Crippen molar-refractivity contribution in [2.24, 2.45) is 0 Å². The summed E-state index contributed by atoms with van der Waals surface area (Å²) in [5.41, 5.74) is 2.40. The highest BCUT2D eigenvalue weighted by Gasteiger charge is 2.15. The summed E-state index contributed by atoms with van der Waals surface area (Å²) in [5.74, 6) is 0.858. The molecular formula is C20H25N3O3S2. The summed E-state index contributed by atoms with van der Waals surface area (Å²) in [4.78, 5) is 10.8. The van der Waals surface area contributed by atoms with E-state index in [-0.39, 0.29) is 6.61 Å². The molecule has 28 heavy (non-hydrogen) atoms. The molecular weight excluding hydrogens is 394 g/mol. The van der Waals surface area contributed by atoms with Gasteiger partial charge in [0.2, 0.25) is 11.8 Å². The molecule has 2 heterocycles. The van der Waals surface area contributed by atoms with Crippen LogP contribution in [0.2, 0.25) is 0 Å². The predicted octanol–water partition coefficient (Wildman–Crippen LogP) is 5.21. The number of benzene rings is 1. The van der Waals surface area contributed by atoms with Gasteiger partial charge >= 0.3 is 0 Å². The molecule has 0 aliphatic heterocycles. The van der Waals surface area contributed by atoms with Gasteiger partial charge in [0.25, 0.3) is 0 Å². The van der Waals surface area contributed by atoms with Crippen LogP contribution in [0.5, 0.6) is 11.8 Å². The van der Waals surface area contributed by atoms with E-state index in [1.54, 1.807) is 38.1 Å². The highest BCUT2D eigenvalue weighted by Crippen LogP contribution is 2.35. The van der Waals surface area contributed by atoms with Gasteiger partial charge in [0.05, 0.1) is 31.4 Å². The standard InChI is InChI=1S/C18H19N3O3S2.C2H6/c1-23-15-8-11(9-16(20-15)24-2)17-14(10-22)26-18(21-17)19-12-4-6-13(25-3)7-5-12;1-2/h4-9,22H,10H2,1-3H3,(H,19,21);1-2H3. The number of hydrogen-bond acceptors (Lipinski definition) is 8. The molecule has 0 amide bonds. The Morgan fingerprint density at radius 2 is 1.64 bits per heavy atom. The monoisotopic (exact) mass is 419 g/mol. The third-order valence-corrected chi connectivity index (χ3v) is 5.35. The lowest BCUT2D eigenvalue weighted by Gasteiger charge is -2.06. The fourth-order valence-electron chi connectivity index (χ4n) is 2.36. The number of ether oxygens (including phenoxy) is 2. The minimum Gasteiger partial charge on any atom is -0.481 e. The molecule has 150 valence electrons. The number of nitrogens with zero attached hydrogens (tertiary/aromatic N) is 2. The summed E-state index contributed by atoms with van der Waals surface area (Å²) in [6.45, 7) is 3.90. The fourth-order valence-corrected chi connectivity index (χ4v) is 3.63. The number of aromatic nitrogens is 2. The molecule has 0 bridgehead atoms. The Balaban J connectivity index is 0.00000136. The first-order chi connectivity index (χ1) is 13.7. The fraction of sp³-hybridized carbons (Fsp3) is 0.300. The normalized spacial score (nSPS) is 10.1. The van der Waals surface area contributed by atoms with E-state index >= 15 is 0 Å². The molecule has 1 aromatic carbocycles. The third-order valence-electron chi connectivity index (χ3n) is 3.65. The summed E-state index contributed by atoms with van der Waals surface area (Å²) >= 11 is 3.10. The molecule has 2 N–H and O–H groups in total. The number of thioether (sulfide) groups is 1. The molecule has 0 unspecified atom stereocenters. The van der Waals surface area contributed by atoms with Crippen LogP contribution in [0.15, 0.2) is 41.3 Å². The van der Waals surface area contributed by atoms with Gasteiger partial charge in [-0.15, -0.1) is 11.8 Å². The van der Waals surface area contributed by atoms with Crippen molar-refractivity contribution in [3.63, 3.8) is 0 Å². The summed E-state index contributed by atoms with van der Waals surface area (Å²) in [5, 5.41) is 13.7. The molecule has 0 saturated carbocycles. The molecule has 2 aromatic heterocycles. The average molecular weight is 420 g/mol. The van der Waals surface area contributed by atoms with Crippen LogP contribution in [-0.4, -0.2) is 35.5 Å². The minimum absolute atomic E-state index is 0.104. The topological polar surface area (TPSA) is 76.5 Å². The lowest BCUT2D eigenvalue weighted by atomic mass is 10.2. The van der Waals surface area contributed by atoms with Gasteiger partial charge in [0, 0.05) is 28.3 Å². The maximum absolute atomic E-state index is 9.74. The van der Waals surface area contributed by atoms with Crippen molar-refractivity contribution in [1.29, 1.82) is 0 Å². The first-order valence-electron chi connectivity index (χ1n) is 8.79. The van der Waals surface area contributed by atoms with E-state index in [4.69, 9.17) is 9.47 Å². The first kappa shape index (κ1) is 22.0. The molecule has 0 spiro atoms. The van der Waals surface area contributed by atoms with Crippen LogP contribution in [0, 0.1) is 0 Å². The van der Waals surface area contributed by atoms with Crippen molar-refractivity contribution in [3.8, 4) is 23.0 Å². The molecule has 0 fully saturated rings. The number of anilines is 2. The molecule has 0 radical (unpaired) electrons. The zero-order valence-electron chi connectivity index (χ0n) is 16.6. The van der Waals surface area contributed by atoms with Crippen LogP contribution >= 0.6 is 23.1 Å². The minimum atomic E-state index is -0.104. The second kappa shape index (κ2) is 10.9. The first-order valence-corrected chi connectivity index (χ1v) is 10.8. The number of aliphatic hydroxyl groups excluding tert-OH is 1. The van der Waals surface area contributed by atoms with Crippen LogP contribution in [0.25, 0.3) is 11.3 Å². The lowest BCUT2D eigenvalue weighted by Crippen LogP contribution is -1.95. The second-order valence-electron chi connectivity index (χ2n) is 5.24. The lowest BCUT2D eigenvalue weighted by molar-refractivity contribution is 0.286. The van der Waals surface area contributed by atoms with Gasteiger partial charge < -0.3 is 19.9 Å². The maximum atomic E-state index is 9.74. The smallest absolute Gasteiger partial charge is 0.216 e. The van der Waals surface area contributed by atoms with Crippen molar-refractivity contribution in [2.75, 3.05) is 25.8 Å². The molecule has 3 rings (SSSR count). The number of methoxy groups -OCH3 is 2. The Bertz CT molecular complexity index is 861. The number of thiazole rings is 1. The number of nitrogens with one attached hydrogen (secondary N) is 1. The van der Waals surface area contributed by atoms with E-state index in [2.05, 4.69) is 15.3 Å². The van der Waals surface area contributed by atoms with Crippen LogP contribution in [0.3, 0.4) is 0 Å². The Hall–Kier alpha value is -2.29. The van der Waals surface area contributed by atoms with Crippen LogP contribution in [-0.2, 0) is 6.61 Å².